The van der Waals surface area contributed by atoms with Crippen molar-refractivity contribution in [2.45, 2.75) is 20.4 Å². The smallest absolute Gasteiger partial charge is 0.271 e. The molecule has 22 heavy (non-hydrogen) atoms. The highest BCUT2D eigenvalue weighted by molar-refractivity contribution is 5.91. The number of hydrogen-bond donors (Lipinski definition) is 1. The first-order chi connectivity index (χ1) is 10.4. The van der Waals surface area contributed by atoms with Gasteiger partial charge in [0.15, 0.2) is 0 Å². The van der Waals surface area contributed by atoms with Gasteiger partial charge in [-0.2, -0.15) is 0 Å². The lowest BCUT2D eigenvalue weighted by molar-refractivity contribution is -0.384. The summed E-state index contributed by atoms with van der Waals surface area (Å²) in [6, 6.07) is 7.58. The number of pyridine rings is 1. The lowest BCUT2D eigenvalue weighted by Crippen LogP contribution is -2.28. The van der Waals surface area contributed by atoms with Crippen molar-refractivity contribution in [1.29, 1.82) is 0 Å². The first kappa shape index (κ1) is 15.4. The molecule has 0 saturated carbocycles. The van der Waals surface area contributed by atoms with Crippen LogP contribution in [-0.2, 0) is 11.3 Å². The summed E-state index contributed by atoms with van der Waals surface area (Å²) in [5.74, 6) is -0.420. The SMILES string of the molecule is Cc1ccc([N+](=O)[O-])cc1NC(=O)Cn1cccc(C)c1=O. The maximum absolute atomic E-state index is 12.0. The van der Waals surface area contributed by atoms with Crippen molar-refractivity contribution in [2.24, 2.45) is 0 Å². The van der Waals surface area contributed by atoms with Gasteiger partial charge in [0.05, 0.1) is 10.6 Å². The number of aryl methyl sites for hydroxylation is 2. The van der Waals surface area contributed by atoms with Crippen molar-refractivity contribution in [3.63, 3.8) is 0 Å². The zero-order valence-corrected chi connectivity index (χ0v) is 12.2. The molecule has 0 fully saturated rings. The van der Waals surface area contributed by atoms with Crippen LogP contribution in [0, 0.1) is 24.0 Å². The number of non-ortho nitro benzene ring substituents is 1. The number of anilines is 1. The van der Waals surface area contributed by atoms with E-state index in [1.54, 1.807) is 32.0 Å². The molecule has 2 aromatic rings. The molecule has 1 N–H and O–H groups in total. The third-order valence-electron chi connectivity index (χ3n) is 3.23. The van der Waals surface area contributed by atoms with Crippen molar-refractivity contribution in [2.75, 3.05) is 5.32 Å². The first-order valence-electron chi connectivity index (χ1n) is 6.59. The fraction of sp³-hybridized carbons (Fsp3) is 0.200. The van der Waals surface area contributed by atoms with E-state index in [0.29, 0.717) is 16.8 Å². The molecule has 0 saturated heterocycles. The molecule has 0 atom stereocenters. The number of hydrogen-bond acceptors (Lipinski definition) is 4. The second-order valence-electron chi connectivity index (χ2n) is 4.93. The Labute approximate surface area is 126 Å². The number of nitro benzene ring substituents is 1. The van der Waals surface area contributed by atoms with Crippen LogP contribution in [-0.4, -0.2) is 15.4 Å². The van der Waals surface area contributed by atoms with E-state index in [1.807, 2.05) is 0 Å². The summed E-state index contributed by atoms with van der Waals surface area (Å²) >= 11 is 0. The lowest BCUT2D eigenvalue weighted by Gasteiger charge is -2.10. The molecule has 0 spiro atoms. The Morgan fingerprint density at radius 2 is 2.00 bits per heavy atom. The molecule has 0 aliphatic rings. The molecule has 0 bridgehead atoms. The van der Waals surface area contributed by atoms with E-state index in [2.05, 4.69) is 5.32 Å². The molecule has 0 unspecified atom stereocenters. The highest BCUT2D eigenvalue weighted by atomic mass is 16.6. The van der Waals surface area contributed by atoms with Crippen LogP contribution >= 0.6 is 0 Å². The van der Waals surface area contributed by atoms with Gasteiger partial charge in [-0.1, -0.05) is 12.1 Å². The fourth-order valence-electron chi connectivity index (χ4n) is 1.98. The number of nitrogens with one attached hydrogen (secondary N) is 1. The number of carbonyl (C=O) groups excluding carboxylic acids is 1. The molecule has 1 heterocycles. The maximum Gasteiger partial charge on any atom is 0.271 e. The molecule has 0 aliphatic carbocycles. The second kappa shape index (κ2) is 6.21. The standard InChI is InChI=1S/C15H15N3O4/c1-10-5-6-12(18(21)22)8-13(10)16-14(19)9-17-7-3-4-11(2)15(17)20/h3-8H,9H2,1-2H3,(H,16,19). The van der Waals surface area contributed by atoms with Crippen molar-refractivity contribution in [3.8, 4) is 0 Å². The van der Waals surface area contributed by atoms with Gasteiger partial charge < -0.3 is 9.88 Å². The van der Waals surface area contributed by atoms with Gasteiger partial charge in [-0.05, 0) is 25.5 Å². The van der Waals surface area contributed by atoms with Gasteiger partial charge >= 0.3 is 0 Å². The van der Waals surface area contributed by atoms with E-state index in [9.17, 15) is 19.7 Å². The third-order valence-corrected chi connectivity index (χ3v) is 3.23. The molecule has 0 radical (unpaired) electrons. The van der Waals surface area contributed by atoms with Gasteiger partial charge in [0.1, 0.15) is 6.54 Å². The quantitative estimate of drug-likeness (QED) is 0.690. The fourth-order valence-corrected chi connectivity index (χ4v) is 1.98. The number of aromatic nitrogens is 1. The van der Waals surface area contributed by atoms with Crippen LogP contribution in [0.4, 0.5) is 11.4 Å². The lowest BCUT2D eigenvalue weighted by atomic mass is 10.2. The summed E-state index contributed by atoms with van der Waals surface area (Å²) in [6.07, 6.45) is 1.52. The summed E-state index contributed by atoms with van der Waals surface area (Å²) < 4.78 is 1.29. The van der Waals surface area contributed by atoms with Crippen molar-refractivity contribution >= 4 is 17.3 Å². The van der Waals surface area contributed by atoms with Gasteiger partial charge in [0.25, 0.3) is 11.2 Å². The Kier molecular flexibility index (Phi) is 4.36. The van der Waals surface area contributed by atoms with Crippen LogP contribution in [0.3, 0.4) is 0 Å². The second-order valence-corrected chi connectivity index (χ2v) is 4.93. The van der Waals surface area contributed by atoms with Crippen LogP contribution < -0.4 is 10.9 Å². The Morgan fingerprint density at radius 3 is 2.68 bits per heavy atom. The summed E-state index contributed by atoms with van der Waals surface area (Å²) in [5, 5.41) is 13.4. The van der Waals surface area contributed by atoms with Gasteiger partial charge in [0, 0.05) is 23.9 Å². The van der Waals surface area contributed by atoms with E-state index in [-0.39, 0.29) is 17.8 Å². The number of amides is 1. The molecule has 114 valence electrons. The molecule has 1 aromatic heterocycles. The van der Waals surface area contributed by atoms with E-state index < -0.39 is 10.8 Å². The van der Waals surface area contributed by atoms with Crippen LogP contribution in [0.1, 0.15) is 11.1 Å². The number of benzene rings is 1. The van der Waals surface area contributed by atoms with Crippen LogP contribution in [0.5, 0.6) is 0 Å². The van der Waals surface area contributed by atoms with Gasteiger partial charge in [0.2, 0.25) is 5.91 Å². The maximum atomic E-state index is 12.0. The summed E-state index contributed by atoms with van der Waals surface area (Å²) in [5.41, 5.74) is 1.26. The zero-order chi connectivity index (χ0) is 16.3. The summed E-state index contributed by atoms with van der Waals surface area (Å²) in [6.45, 7) is 3.25. The average molecular weight is 301 g/mol. The largest absolute Gasteiger partial charge is 0.324 e. The highest BCUT2D eigenvalue weighted by Crippen LogP contribution is 2.21. The number of nitro groups is 1. The number of carbonyl (C=O) groups is 1. The topological polar surface area (TPSA) is 94.2 Å². The zero-order valence-electron chi connectivity index (χ0n) is 12.2. The van der Waals surface area contributed by atoms with Gasteiger partial charge in [-0.15, -0.1) is 0 Å². The Balaban J connectivity index is 2.19. The van der Waals surface area contributed by atoms with Crippen molar-refractivity contribution in [3.05, 3.63) is 68.1 Å². The summed E-state index contributed by atoms with van der Waals surface area (Å²) in [7, 11) is 0. The molecule has 1 aromatic carbocycles. The summed E-state index contributed by atoms with van der Waals surface area (Å²) in [4.78, 5) is 34.1. The Morgan fingerprint density at radius 1 is 1.27 bits per heavy atom. The normalized spacial score (nSPS) is 10.3. The number of nitrogens with zero attached hydrogens (tertiary/aromatic N) is 2. The van der Waals surface area contributed by atoms with E-state index in [0.717, 1.165) is 0 Å². The Hall–Kier alpha value is -2.96. The predicted molar refractivity (Wildman–Crippen MR) is 81.9 cm³/mol. The third kappa shape index (κ3) is 3.38. The first-order valence-corrected chi connectivity index (χ1v) is 6.59. The highest BCUT2D eigenvalue weighted by Gasteiger charge is 2.12. The van der Waals surface area contributed by atoms with Crippen molar-refractivity contribution in [1.82, 2.24) is 4.57 Å². The Bertz CT molecular complexity index is 796. The van der Waals surface area contributed by atoms with E-state index >= 15 is 0 Å². The van der Waals surface area contributed by atoms with Crippen LogP contribution in [0.15, 0.2) is 41.3 Å². The van der Waals surface area contributed by atoms with Crippen LogP contribution in [0.25, 0.3) is 0 Å². The minimum atomic E-state index is -0.528. The molecule has 2 rings (SSSR count). The average Bonchev–Trinajstić information content (AvgIpc) is 2.46. The molecule has 7 nitrogen and oxygen atoms in total. The van der Waals surface area contributed by atoms with E-state index in [4.69, 9.17) is 0 Å². The molecular weight excluding hydrogens is 286 g/mol. The molecule has 0 aliphatic heterocycles. The van der Waals surface area contributed by atoms with Crippen LogP contribution in [0.2, 0.25) is 0 Å². The van der Waals surface area contributed by atoms with E-state index in [1.165, 1.54) is 22.9 Å². The minimum Gasteiger partial charge on any atom is -0.324 e. The predicted octanol–water partition coefficient (Wildman–Crippen LogP) is 2.01. The van der Waals surface area contributed by atoms with Gasteiger partial charge in [-0.3, -0.25) is 19.7 Å². The number of rotatable bonds is 4. The molecule has 1 amide bonds. The van der Waals surface area contributed by atoms with Crippen molar-refractivity contribution < 1.29 is 9.72 Å². The molecule has 7 heteroatoms. The minimum absolute atomic E-state index is 0.103. The van der Waals surface area contributed by atoms with Gasteiger partial charge in [-0.25, -0.2) is 0 Å². The molecular formula is C15H15N3O4. The monoisotopic (exact) mass is 301 g/mol.